The number of carbonyl (C=O) groups excluding carboxylic acids is 1. The molecular weight excluding hydrogens is 360 g/mol. The molecule has 0 aliphatic heterocycles. The van der Waals surface area contributed by atoms with Crippen molar-refractivity contribution in [3.05, 3.63) is 47.4 Å². The molecule has 0 fully saturated rings. The molecule has 4 rings (SSSR count). The number of hydrogen-bond acceptors (Lipinski definition) is 10. The lowest BCUT2D eigenvalue weighted by Crippen LogP contribution is -2.19. The maximum absolute atomic E-state index is 12.5. The number of amides is 1. The van der Waals surface area contributed by atoms with E-state index < -0.39 is 5.91 Å². The summed E-state index contributed by atoms with van der Waals surface area (Å²) in [6, 6.07) is 7.05. The highest BCUT2D eigenvalue weighted by Crippen LogP contribution is 2.29. The first-order chi connectivity index (χ1) is 12.7. The third-order valence-electron chi connectivity index (χ3n) is 3.24. The van der Waals surface area contributed by atoms with Crippen LogP contribution in [-0.2, 0) is 0 Å². The number of aromatic nitrogens is 5. The van der Waals surface area contributed by atoms with Crippen LogP contribution < -0.4 is 11.2 Å². The molecule has 4 aromatic rings. The van der Waals surface area contributed by atoms with Gasteiger partial charge in [0, 0.05) is 0 Å². The molecule has 0 aliphatic rings. The van der Waals surface area contributed by atoms with Crippen LogP contribution in [0.2, 0.25) is 0 Å². The molecule has 1 amide bonds. The minimum Gasteiger partial charge on any atom is -0.463 e. The number of nitrogens with two attached hydrogens (primary N) is 1. The van der Waals surface area contributed by atoms with Crippen LogP contribution in [0.15, 0.2) is 50.1 Å². The second kappa shape index (κ2) is 6.60. The minimum absolute atomic E-state index is 0.0236. The first-order valence-electron chi connectivity index (χ1n) is 7.19. The van der Waals surface area contributed by atoms with Crippen LogP contribution in [0.3, 0.4) is 0 Å². The van der Waals surface area contributed by atoms with Crippen LogP contribution in [0.5, 0.6) is 0 Å². The molecule has 0 unspecified atom stereocenters. The monoisotopic (exact) mass is 370 g/mol. The number of carbonyl (C=O) groups is 1. The van der Waals surface area contributed by atoms with Crippen LogP contribution in [0.25, 0.3) is 16.4 Å². The van der Waals surface area contributed by atoms with Gasteiger partial charge in [0.15, 0.2) is 5.69 Å². The summed E-state index contributed by atoms with van der Waals surface area (Å²) in [5, 5.41) is 20.8. The number of anilines is 1. The summed E-state index contributed by atoms with van der Waals surface area (Å²) in [5.74, 6) is 0.0981. The summed E-state index contributed by atoms with van der Waals surface area (Å²) < 4.78 is 11.0. The van der Waals surface area contributed by atoms with E-state index in [0.29, 0.717) is 11.5 Å². The van der Waals surface area contributed by atoms with Crippen LogP contribution in [-0.4, -0.2) is 37.4 Å². The zero-order valence-electron chi connectivity index (χ0n) is 12.9. The molecule has 11 nitrogen and oxygen atoms in total. The third-order valence-corrected chi connectivity index (χ3v) is 4.11. The number of nitrogens with one attached hydrogen (secondary N) is 1. The molecule has 0 atom stereocenters. The number of furan rings is 1. The van der Waals surface area contributed by atoms with Gasteiger partial charge in [-0.05, 0) is 33.9 Å². The predicted octanol–water partition coefficient (Wildman–Crippen LogP) is 1.32. The van der Waals surface area contributed by atoms with Crippen molar-refractivity contribution in [1.29, 1.82) is 0 Å². The first kappa shape index (κ1) is 15.7. The summed E-state index contributed by atoms with van der Waals surface area (Å²) in [7, 11) is 0. The fourth-order valence-corrected chi connectivity index (χ4v) is 2.88. The number of nitrogens with zero attached hydrogens (tertiary/aromatic N) is 6. The van der Waals surface area contributed by atoms with Gasteiger partial charge in [-0.3, -0.25) is 4.79 Å². The van der Waals surface area contributed by atoms with Gasteiger partial charge in [-0.25, -0.2) is 10.1 Å². The second-order valence-electron chi connectivity index (χ2n) is 4.86. The second-order valence-corrected chi connectivity index (χ2v) is 5.81. The van der Waals surface area contributed by atoms with Crippen LogP contribution >= 0.6 is 11.3 Å². The average molecular weight is 370 g/mol. The van der Waals surface area contributed by atoms with Gasteiger partial charge < -0.3 is 10.2 Å². The van der Waals surface area contributed by atoms with Crippen molar-refractivity contribution < 1.29 is 13.8 Å². The predicted molar refractivity (Wildman–Crippen MR) is 90.7 cm³/mol. The quantitative estimate of drug-likeness (QED) is 0.394. The van der Waals surface area contributed by atoms with Crippen molar-refractivity contribution in [3.63, 3.8) is 0 Å². The van der Waals surface area contributed by atoms with Crippen molar-refractivity contribution >= 4 is 29.3 Å². The smallest absolute Gasteiger partial charge is 0.294 e. The number of nitrogen functional groups attached to an aromatic ring is 1. The van der Waals surface area contributed by atoms with E-state index in [9.17, 15) is 4.79 Å². The van der Waals surface area contributed by atoms with E-state index in [1.165, 1.54) is 28.5 Å². The number of thiophene rings is 1. The molecule has 0 aliphatic carbocycles. The zero-order chi connectivity index (χ0) is 17.9. The molecule has 0 bridgehead atoms. The molecule has 0 radical (unpaired) electrons. The largest absolute Gasteiger partial charge is 0.463 e. The van der Waals surface area contributed by atoms with E-state index in [4.69, 9.17) is 10.2 Å². The molecular formula is C14H10N8O3S. The fourth-order valence-electron chi connectivity index (χ4n) is 2.13. The third kappa shape index (κ3) is 2.84. The SMILES string of the molecule is Nc1nonc1-n1nnc(C(=O)N/N=C\c2ccco2)c1-c1cccs1. The highest BCUT2D eigenvalue weighted by atomic mass is 32.1. The highest BCUT2D eigenvalue weighted by molar-refractivity contribution is 7.13. The van der Waals surface area contributed by atoms with Crippen LogP contribution in [0.4, 0.5) is 5.82 Å². The molecule has 0 aromatic carbocycles. The fraction of sp³-hybridized carbons (Fsp3) is 0. The summed E-state index contributed by atoms with van der Waals surface area (Å²) >= 11 is 1.40. The van der Waals surface area contributed by atoms with Gasteiger partial charge in [-0.1, -0.05) is 11.3 Å². The van der Waals surface area contributed by atoms with Gasteiger partial charge >= 0.3 is 0 Å². The Morgan fingerprint density at radius 2 is 2.27 bits per heavy atom. The Balaban J connectivity index is 1.69. The van der Waals surface area contributed by atoms with Gasteiger partial charge in [0.2, 0.25) is 11.6 Å². The molecule has 4 heterocycles. The molecule has 130 valence electrons. The van der Waals surface area contributed by atoms with Crippen molar-refractivity contribution in [3.8, 4) is 16.4 Å². The molecule has 0 saturated carbocycles. The Labute approximate surface area is 149 Å². The molecule has 4 aromatic heterocycles. The van der Waals surface area contributed by atoms with Crippen molar-refractivity contribution in [1.82, 2.24) is 30.7 Å². The van der Waals surface area contributed by atoms with Gasteiger partial charge in [0.1, 0.15) is 11.5 Å². The van der Waals surface area contributed by atoms with Gasteiger partial charge in [0.05, 0.1) is 17.4 Å². The van der Waals surface area contributed by atoms with Gasteiger partial charge in [-0.2, -0.15) is 9.78 Å². The maximum Gasteiger partial charge on any atom is 0.294 e. The summed E-state index contributed by atoms with van der Waals surface area (Å²) in [6.07, 6.45) is 2.87. The maximum atomic E-state index is 12.5. The minimum atomic E-state index is -0.558. The molecule has 0 spiro atoms. The Kier molecular flexibility index (Phi) is 3.99. The Bertz CT molecular complexity index is 1050. The zero-order valence-corrected chi connectivity index (χ0v) is 13.8. The van der Waals surface area contributed by atoms with Gasteiger partial charge in [0.25, 0.3) is 5.91 Å². The van der Waals surface area contributed by atoms with Gasteiger partial charge in [-0.15, -0.1) is 16.4 Å². The van der Waals surface area contributed by atoms with Crippen LogP contribution in [0, 0.1) is 0 Å². The lowest BCUT2D eigenvalue weighted by Gasteiger charge is -2.02. The molecule has 3 N–H and O–H groups in total. The first-order valence-corrected chi connectivity index (χ1v) is 8.07. The Morgan fingerprint density at radius 3 is 2.96 bits per heavy atom. The topological polar surface area (TPSA) is 150 Å². The van der Waals surface area contributed by atoms with E-state index in [1.807, 2.05) is 17.5 Å². The summed E-state index contributed by atoms with van der Waals surface area (Å²) in [5.41, 5.74) is 8.55. The highest BCUT2D eigenvalue weighted by Gasteiger charge is 2.25. The average Bonchev–Trinajstić information content (AvgIpc) is 3.41. The van der Waals surface area contributed by atoms with E-state index in [0.717, 1.165) is 4.88 Å². The van der Waals surface area contributed by atoms with E-state index in [-0.39, 0.29) is 17.3 Å². The van der Waals surface area contributed by atoms with E-state index >= 15 is 0 Å². The Hall–Kier alpha value is -3.80. The van der Waals surface area contributed by atoms with E-state index in [2.05, 4.69) is 35.8 Å². The van der Waals surface area contributed by atoms with E-state index in [1.54, 1.807) is 12.1 Å². The van der Waals surface area contributed by atoms with Crippen LogP contribution in [0.1, 0.15) is 16.2 Å². The Morgan fingerprint density at radius 1 is 1.35 bits per heavy atom. The summed E-state index contributed by atoms with van der Waals surface area (Å²) in [4.78, 5) is 13.2. The molecule has 12 heteroatoms. The standard InChI is InChI=1S/C14H10N8O3S/c15-12-13(20-25-19-12)22-11(9-4-2-6-26-9)10(17-21-22)14(23)18-16-7-8-3-1-5-24-8/h1-7H,(H2,15,19)(H,18,23)/b16-7-. The number of rotatable bonds is 5. The lowest BCUT2D eigenvalue weighted by molar-refractivity contribution is 0.0951. The number of hydrogen-bond donors (Lipinski definition) is 2. The molecule has 0 saturated heterocycles. The van der Waals surface area contributed by atoms with Crippen molar-refractivity contribution in [2.45, 2.75) is 0 Å². The lowest BCUT2D eigenvalue weighted by atomic mass is 10.2. The van der Waals surface area contributed by atoms with Crippen molar-refractivity contribution in [2.75, 3.05) is 5.73 Å². The van der Waals surface area contributed by atoms with Crippen molar-refractivity contribution in [2.24, 2.45) is 5.10 Å². The summed E-state index contributed by atoms with van der Waals surface area (Å²) in [6.45, 7) is 0. The number of hydrazone groups is 1. The molecule has 26 heavy (non-hydrogen) atoms. The normalized spacial score (nSPS) is 11.2.